The molecule has 2 aliphatic rings. The number of hydrogen-bond donors (Lipinski definition) is 1. The van der Waals surface area contributed by atoms with Crippen LogP contribution in [0.2, 0.25) is 0 Å². The van der Waals surface area contributed by atoms with Crippen molar-refractivity contribution in [3.63, 3.8) is 0 Å². The molecule has 29 heavy (non-hydrogen) atoms. The van der Waals surface area contributed by atoms with Crippen molar-refractivity contribution in [2.45, 2.75) is 33.2 Å². The molecule has 0 spiro atoms. The van der Waals surface area contributed by atoms with Crippen LogP contribution in [0.4, 0.5) is 5.69 Å². The molecular weight excluding hydrogens is 382 g/mol. The molecule has 1 saturated heterocycles. The maximum Gasteiger partial charge on any atom is 0.231 e. The van der Waals surface area contributed by atoms with Gasteiger partial charge in [0.2, 0.25) is 6.79 Å². The Morgan fingerprint density at radius 3 is 2.34 bits per heavy atom. The summed E-state index contributed by atoms with van der Waals surface area (Å²) in [6.07, 6.45) is 2.00. The lowest BCUT2D eigenvalue weighted by Crippen LogP contribution is -2.49. The Kier molecular flexibility index (Phi) is 6.21. The van der Waals surface area contributed by atoms with Gasteiger partial charge in [-0.15, -0.1) is 0 Å². The van der Waals surface area contributed by atoms with Crippen LogP contribution < -0.4 is 14.8 Å². The summed E-state index contributed by atoms with van der Waals surface area (Å²) in [4.78, 5) is 4.76. The molecular formula is C23H29N3O2S. The van der Waals surface area contributed by atoms with Gasteiger partial charge in [0, 0.05) is 38.4 Å². The number of hydrogen-bond acceptors (Lipinski definition) is 4. The highest BCUT2D eigenvalue weighted by Crippen LogP contribution is 2.33. The molecule has 2 aliphatic heterocycles. The van der Waals surface area contributed by atoms with Crippen LogP contribution in [-0.2, 0) is 19.4 Å². The lowest BCUT2D eigenvalue weighted by atomic mass is 10.0. The first-order chi connectivity index (χ1) is 14.2. The minimum atomic E-state index is 0.322. The zero-order valence-electron chi connectivity index (χ0n) is 17.2. The van der Waals surface area contributed by atoms with E-state index in [1.165, 1.54) is 22.4 Å². The highest BCUT2D eigenvalue weighted by Gasteiger charge is 2.21. The minimum absolute atomic E-state index is 0.322. The summed E-state index contributed by atoms with van der Waals surface area (Å²) in [5.74, 6) is 1.70. The highest BCUT2D eigenvalue weighted by molar-refractivity contribution is 7.80. The van der Waals surface area contributed by atoms with E-state index >= 15 is 0 Å². The maximum absolute atomic E-state index is 5.76. The summed E-state index contributed by atoms with van der Waals surface area (Å²) >= 11 is 5.76. The predicted octanol–water partition coefficient (Wildman–Crippen LogP) is 4.05. The van der Waals surface area contributed by atoms with Gasteiger partial charge in [0.1, 0.15) is 0 Å². The smallest absolute Gasteiger partial charge is 0.231 e. The SMILES string of the molecule is CCc1cccc(CC)c1NC(=S)N1CCN(Cc2ccc3c(c2)OCO3)CC1. The zero-order valence-corrected chi connectivity index (χ0v) is 18.1. The molecule has 1 fully saturated rings. The van der Waals surface area contributed by atoms with Crippen molar-refractivity contribution in [3.8, 4) is 11.5 Å². The number of para-hydroxylation sites is 1. The highest BCUT2D eigenvalue weighted by atomic mass is 32.1. The molecule has 154 valence electrons. The number of aryl methyl sites for hydroxylation is 2. The number of nitrogens with one attached hydrogen (secondary N) is 1. The fourth-order valence-corrected chi connectivity index (χ4v) is 4.28. The van der Waals surface area contributed by atoms with Gasteiger partial charge in [0.15, 0.2) is 16.6 Å². The van der Waals surface area contributed by atoms with E-state index in [2.05, 4.69) is 59.3 Å². The van der Waals surface area contributed by atoms with Crippen LogP contribution in [0.3, 0.4) is 0 Å². The van der Waals surface area contributed by atoms with E-state index < -0.39 is 0 Å². The molecule has 0 aliphatic carbocycles. The van der Waals surface area contributed by atoms with Crippen LogP contribution in [0.1, 0.15) is 30.5 Å². The van der Waals surface area contributed by atoms with Gasteiger partial charge in [-0.25, -0.2) is 0 Å². The van der Waals surface area contributed by atoms with Gasteiger partial charge in [-0.05, 0) is 53.9 Å². The molecule has 0 saturated carbocycles. The molecule has 0 aromatic heterocycles. The predicted molar refractivity (Wildman–Crippen MR) is 121 cm³/mol. The largest absolute Gasteiger partial charge is 0.454 e. The Morgan fingerprint density at radius 2 is 1.66 bits per heavy atom. The van der Waals surface area contributed by atoms with Crippen molar-refractivity contribution in [2.24, 2.45) is 0 Å². The molecule has 6 heteroatoms. The summed E-state index contributed by atoms with van der Waals surface area (Å²) in [7, 11) is 0. The number of benzene rings is 2. The van der Waals surface area contributed by atoms with Crippen molar-refractivity contribution in [1.29, 1.82) is 0 Å². The third-order valence-corrected chi connectivity index (χ3v) is 6.09. The molecule has 2 aromatic rings. The summed E-state index contributed by atoms with van der Waals surface area (Å²) in [5.41, 5.74) is 5.11. The standard InChI is InChI=1S/C23H29N3O2S/c1-3-18-6-5-7-19(4-2)22(18)24-23(29)26-12-10-25(11-13-26)15-17-8-9-20-21(14-17)28-16-27-20/h5-9,14H,3-4,10-13,15-16H2,1-2H3,(H,24,29). The van der Waals surface area contributed by atoms with Crippen molar-refractivity contribution in [3.05, 3.63) is 53.1 Å². The van der Waals surface area contributed by atoms with Crippen LogP contribution in [-0.4, -0.2) is 47.9 Å². The first kappa shape index (κ1) is 20.0. The van der Waals surface area contributed by atoms with Gasteiger partial charge >= 0.3 is 0 Å². The van der Waals surface area contributed by atoms with E-state index in [-0.39, 0.29) is 0 Å². The Labute approximate surface area is 178 Å². The van der Waals surface area contributed by atoms with Crippen LogP contribution in [0.15, 0.2) is 36.4 Å². The number of nitrogens with zero attached hydrogens (tertiary/aromatic N) is 2. The Bertz CT molecular complexity index is 856. The molecule has 0 bridgehead atoms. The molecule has 1 N–H and O–H groups in total. The normalized spacial score (nSPS) is 16.1. The topological polar surface area (TPSA) is 37.0 Å². The average molecular weight is 412 g/mol. The third-order valence-electron chi connectivity index (χ3n) is 5.73. The Hall–Kier alpha value is -2.31. The maximum atomic E-state index is 5.76. The second kappa shape index (κ2) is 9.01. The van der Waals surface area contributed by atoms with Gasteiger partial charge in [-0.2, -0.15) is 0 Å². The number of anilines is 1. The third kappa shape index (κ3) is 4.49. The lowest BCUT2D eigenvalue weighted by Gasteiger charge is -2.36. The van der Waals surface area contributed by atoms with Gasteiger partial charge in [0.25, 0.3) is 0 Å². The van der Waals surface area contributed by atoms with Gasteiger partial charge in [-0.1, -0.05) is 38.1 Å². The average Bonchev–Trinajstić information content (AvgIpc) is 3.22. The Morgan fingerprint density at radius 1 is 0.966 bits per heavy atom. The van der Waals surface area contributed by atoms with E-state index in [9.17, 15) is 0 Å². The lowest BCUT2D eigenvalue weighted by molar-refractivity contribution is 0.173. The van der Waals surface area contributed by atoms with E-state index in [1.807, 2.05) is 6.07 Å². The van der Waals surface area contributed by atoms with Crippen LogP contribution >= 0.6 is 12.2 Å². The molecule has 0 amide bonds. The van der Waals surface area contributed by atoms with Crippen LogP contribution in [0, 0.1) is 0 Å². The first-order valence-electron chi connectivity index (χ1n) is 10.5. The molecule has 2 aromatic carbocycles. The van der Waals surface area contributed by atoms with Crippen molar-refractivity contribution in [2.75, 3.05) is 38.3 Å². The molecule has 0 atom stereocenters. The van der Waals surface area contributed by atoms with Crippen LogP contribution in [0.25, 0.3) is 0 Å². The van der Waals surface area contributed by atoms with Crippen molar-refractivity contribution in [1.82, 2.24) is 9.80 Å². The van der Waals surface area contributed by atoms with Crippen molar-refractivity contribution >= 4 is 23.0 Å². The monoisotopic (exact) mass is 411 g/mol. The summed E-state index contributed by atoms with van der Waals surface area (Å²) in [6, 6.07) is 12.7. The molecule has 0 unspecified atom stereocenters. The van der Waals surface area contributed by atoms with E-state index in [4.69, 9.17) is 21.7 Å². The zero-order chi connectivity index (χ0) is 20.2. The van der Waals surface area contributed by atoms with Gasteiger partial charge in [-0.3, -0.25) is 4.90 Å². The fourth-order valence-electron chi connectivity index (χ4n) is 4.00. The number of thiocarbonyl (C=S) groups is 1. The Balaban J connectivity index is 1.33. The molecule has 0 radical (unpaired) electrons. The van der Waals surface area contributed by atoms with E-state index in [1.54, 1.807) is 0 Å². The molecule has 5 nitrogen and oxygen atoms in total. The number of ether oxygens (including phenoxy) is 2. The van der Waals surface area contributed by atoms with Crippen LogP contribution in [0.5, 0.6) is 11.5 Å². The number of piperazine rings is 1. The first-order valence-corrected chi connectivity index (χ1v) is 10.9. The van der Waals surface area contributed by atoms with Crippen molar-refractivity contribution < 1.29 is 9.47 Å². The summed E-state index contributed by atoms with van der Waals surface area (Å²) in [5, 5.41) is 4.39. The minimum Gasteiger partial charge on any atom is -0.454 e. The van der Waals surface area contributed by atoms with E-state index in [0.29, 0.717) is 6.79 Å². The van der Waals surface area contributed by atoms with Gasteiger partial charge < -0.3 is 19.7 Å². The summed E-state index contributed by atoms with van der Waals surface area (Å²) in [6.45, 7) is 9.48. The molecule has 4 rings (SSSR count). The quantitative estimate of drug-likeness (QED) is 0.748. The summed E-state index contributed by atoms with van der Waals surface area (Å²) < 4.78 is 10.9. The molecule has 2 heterocycles. The fraction of sp³-hybridized carbons (Fsp3) is 0.435. The number of fused-ring (bicyclic) bond motifs is 1. The second-order valence-electron chi connectivity index (χ2n) is 7.54. The van der Waals surface area contributed by atoms with Gasteiger partial charge in [0.05, 0.1) is 0 Å². The second-order valence-corrected chi connectivity index (χ2v) is 7.93. The van der Waals surface area contributed by atoms with E-state index in [0.717, 1.165) is 62.2 Å². The number of rotatable bonds is 5.